The SMILES string of the molecule is Cc1ccc(/C(F)=C(\F)c2ccc(-c3ccc(C)cc3)cc2)cc1. The molecule has 120 valence electrons. The van der Waals surface area contributed by atoms with Crippen LogP contribution in [-0.2, 0) is 0 Å². The number of rotatable bonds is 3. The number of halogens is 2. The molecule has 3 aromatic rings. The lowest BCUT2D eigenvalue weighted by molar-refractivity contribution is 0.700. The van der Waals surface area contributed by atoms with Crippen LogP contribution in [0.5, 0.6) is 0 Å². The molecule has 0 amide bonds. The minimum absolute atomic E-state index is 0.240. The second kappa shape index (κ2) is 6.79. The highest BCUT2D eigenvalue weighted by Gasteiger charge is 2.11. The third-order valence-corrected chi connectivity index (χ3v) is 4.02. The summed E-state index contributed by atoms with van der Waals surface area (Å²) < 4.78 is 28.7. The number of aryl methyl sites for hydroxylation is 2. The molecule has 0 spiro atoms. The summed E-state index contributed by atoms with van der Waals surface area (Å²) in [7, 11) is 0. The van der Waals surface area contributed by atoms with Gasteiger partial charge in [0.1, 0.15) is 0 Å². The number of hydrogen-bond acceptors (Lipinski definition) is 0. The van der Waals surface area contributed by atoms with E-state index < -0.39 is 11.7 Å². The van der Waals surface area contributed by atoms with Gasteiger partial charge in [0.25, 0.3) is 0 Å². The lowest BCUT2D eigenvalue weighted by atomic mass is 10.0. The van der Waals surface area contributed by atoms with Crippen LogP contribution in [0.15, 0.2) is 72.8 Å². The molecule has 0 fully saturated rings. The summed E-state index contributed by atoms with van der Waals surface area (Å²) in [5.74, 6) is -1.67. The van der Waals surface area contributed by atoms with Gasteiger partial charge < -0.3 is 0 Å². The molecule has 3 rings (SSSR count). The third-order valence-electron chi connectivity index (χ3n) is 4.02. The quantitative estimate of drug-likeness (QED) is 0.469. The second-order valence-corrected chi connectivity index (χ2v) is 5.94. The Labute approximate surface area is 141 Å². The Balaban J connectivity index is 1.90. The molecular weight excluding hydrogens is 302 g/mol. The van der Waals surface area contributed by atoms with Gasteiger partial charge in [-0.1, -0.05) is 83.9 Å². The fourth-order valence-electron chi connectivity index (χ4n) is 2.51. The maximum absolute atomic E-state index is 14.4. The maximum atomic E-state index is 14.4. The van der Waals surface area contributed by atoms with Crippen molar-refractivity contribution in [1.29, 1.82) is 0 Å². The zero-order valence-electron chi connectivity index (χ0n) is 13.7. The lowest BCUT2D eigenvalue weighted by Gasteiger charge is -2.06. The van der Waals surface area contributed by atoms with Gasteiger partial charge in [-0.2, -0.15) is 0 Å². The van der Waals surface area contributed by atoms with Gasteiger partial charge in [0.2, 0.25) is 0 Å². The topological polar surface area (TPSA) is 0 Å². The monoisotopic (exact) mass is 320 g/mol. The van der Waals surface area contributed by atoms with E-state index >= 15 is 0 Å². The maximum Gasteiger partial charge on any atom is 0.166 e. The third kappa shape index (κ3) is 3.43. The predicted molar refractivity (Wildman–Crippen MR) is 96.8 cm³/mol. The highest BCUT2D eigenvalue weighted by atomic mass is 19.2. The number of hydrogen-bond donors (Lipinski definition) is 0. The molecule has 0 saturated heterocycles. The largest absolute Gasteiger partial charge is 0.203 e. The molecule has 0 bridgehead atoms. The minimum atomic E-state index is -0.839. The van der Waals surface area contributed by atoms with E-state index in [9.17, 15) is 8.78 Å². The molecule has 0 aliphatic heterocycles. The van der Waals surface area contributed by atoms with E-state index in [4.69, 9.17) is 0 Å². The molecule has 0 atom stereocenters. The van der Waals surface area contributed by atoms with E-state index in [2.05, 4.69) is 0 Å². The molecule has 2 heteroatoms. The lowest BCUT2D eigenvalue weighted by Crippen LogP contribution is -1.86. The van der Waals surface area contributed by atoms with Crippen molar-refractivity contribution in [3.8, 4) is 11.1 Å². The molecule has 0 aliphatic carbocycles. The zero-order chi connectivity index (χ0) is 17.1. The van der Waals surface area contributed by atoms with E-state index in [1.807, 2.05) is 50.2 Å². The van der Waals surface area contributed by atoms with Gasteiger partial charge in [0.05, 0.1) is 0 Å². The number of benzene rings is 3. The van der Waals surface area contributed by atoms with Gasteiger partial charge in [-0.05, 0) is 25.0 Å². The van der Waals surface area contributed by atoms with Crippen LogP contribution in [0, 0.1) is 13.8 Å². The fourth-order valence-corrected chi connectivity index (χ4v) is 2.51. The predicted octanol–water partition coefficient (Wildman–Crippen LogP) is 6.74. The van der Waals surface area contributed by atoms with E-state index in [1.165, 1.54) is 5.56 Å². The van der Waals surface area contributed by atoms with Crippen molar-refractivity contribution in [2.45, 2.75) is 13.8 Å². The van der Waals surface area contributed by atoms with Crippen molar-refractivity contribution in [3.63, 3.8) is 0 Å². The smallest absolute Gasteiger partial charge is 0.166 e. The highest BCUT2D eigenvalue weighted by molar-refractivity contribution is 5.83. The Hall–Kier alpha value is -2.74. The first-order chi connectivity index (χ1) is 11.5. The summed E-state index contributed by atoms with van der Waals surface area (Å²) in [6.07, 6.45) is 0. The second-order valence-electron chi connectivity index (χ2n) is 5.94. The summed E-state index contributed by atoms with van der Waals surface area (Å²) in [5.41, 5.74) is 4.71. The molecule has 0 unspecified atom stereocenters. The van der Waals surface area contributed by atoms with Crippen LogP contribution in [0.1, 0.15) is 22.3 Å². The van der Waals surface area contributed by atoms with Crippen LogP contribution in [0.3, 0.4) is 0 Å². The van der Waals surface area contributed by atoms with Gasteiger partial charge in [-0.15, -0.1) is 0 Å². The van der Waals surface area contributed by atoms with Crippen molar-refractivity contribution < 1.29 is 8.78 Å². The summed E-state index contributed by atoms with van der Waals surface area (Å²) in [5, 5.41) is 0. The van der Waals surface area contributed by atoms with E-state index in [-0.39, 0.29) is 11.1 Å². The molecule has 3 aromatic carbocycles. The Morgan fingerprint density at radius 3 is 1.21 bits per heavy atom. The summed E-state index contributed by atoms with van der Waals surface area (Å²) in [4.78, 5) is 0. The van der Waals surface area contributed by atoms with Gasteiger partial charge in [-0.3, -0.25) is 0 Å². The van der Waals surface area contributed by atoms with E-state index in [0.29, 0.717) is 0 Å². The molecule has 0 nitrogen and oxygen atoms in total. The summed E-state index contributed by atoms with van der Waals surface area (Å²) in [6, 6.07) is 21.6. The fraction of sp³-hybridized carbons (Fsp3) is 0.0909. The van der Waals surface area contributed by atoms with Crippen LogP contribution >= 0.6 is 0 Å². The molecule has 0 aromatic heterocycles. The molecule has 0 saturated carbocycles. The van der Waals surface area contributed by atoms with Gasteiger partial charge in [0, 0.05) is 11.1 Å². The molecule has 0 radical (unpaired) electrons. The normalized spacial score (nSPS) is 12.0. The van der Waals surface area contributed by atoms with E-state index in [0.717, 1.165) is 16.7 Å². The first-order valence-electron chi connectivity index (χ1n) is 7.84. The van der Waals surface area contributed by atoms with Crippen molar-refractivity contribution in [1.82, 2.24) is 0 Å². The van der Waals surface area contributed by atoms with Gasteiger partial charge in [0.15, 0.2) is 11.7 Å². The van der Waals surface area contributed by atoms with Crippen LogP contribution < -0.4 is 0 Å². The zero-order valence-corrected chi connectivity index (χ0v) is 13.7. The Morgan fingerprint density at radius 1 is 0.500 bits per heavy atom. The van der Waals surface area contributed by atoms with Crippen LogP contribution in [0.25, 0.3) is 22.8 Å². The van der Waals surface area contributed by atoms with Gasteiger partial charge >= 0.3 is 0 Å². The van der Waals surface area contributed by atoms with E-state index in [1.54, 1.807) is 36.4 Å². The highest BCUT2D eigenvalue weighted by Crippen LogP contribution is 2.30. The average Bonchev–Trinajstić information content (AvgIpc) is 2.62. The van der Waals surface area contributed by atoms with Crippen molar-refractivity contribution >= 4 is 11.7 Å². The summed E-state index contributed by atoms with van der Waals surface area (Å²) in [6.45, 7) is 3.94. The van der Waals surface area contributed by atoms with Crippen LogP contribution in [-0.4, -0.2) is 0 Å². The van der Waals surface area contributed by atoms with Crippen LogP contribution in [0.2, 0.25) is 0 Å². The van der Waals surface area contributed by atoms with Crippen molar-refractivity contribution in [2.24, 2.45) is 0 Å². The standard InChI is InChI=1S/C22H18F2/c1-15-3-7-17(8-4-15)18-11-13-20(14-12-18)22(24)21(23)19-9-5-16(2)6-10-19/h3-14H,1-2H3/b22-21+. The molecular formula is C22H18F2. The Bertz CT molecular complexity index is 855. The minimum Gasteiger partial charge on any atom is -0.203 e. The molecule has 24 heavy (non-hydrogen) atoms. The molecule has 0 aliphatic rings. The average molecular weight is 320 g/mol. The van der Waals surface area contributed by atoms with Crippen molar-refractivity contribution in [2.75, 3.05) is 0 Å². The molecule has 0 N–H and O–H groups in total. The Kier molecular flexibility index (Phi) is 4.57. The molecule has 0 heterocycles. The Morgan fingerprint density at radius 2 is 0.792 bits per heavy atom. The van der Waals surface area contributed by atoms with Crippen LogP contribution in [0.4, 0.5) is 8.78 Å². The van der Waals surface area contributed by atoms with Gasteiger partial charge in [-0.25, -0.2) is 8.78 Å². The van der Waals surface area contributed by atoms with Crippen molar-refractivity contribution in [3.05, 3.63) is 95.1 Å². The first-order valence-corrected chi connectivity index (χ1v) is 7.84. The summed E-state index contributed by atoms with van der Waals surface area (Å²) >= 11 is 0. The first kappa shape index (κ1) is 16.1.